The van der Waals surface area contributed by atoms with E-state index < -0.39 is 0 Å². The standard InChI is InChI=1S/C14H17N5O2S3/c1-3-8-5-11(21)19-9(7-23-13(19)15-8)6-10(20)16-12-17-18-14(24-12)22-4-2/h5,9H,3-4,6-7H2,1-2H3,(H,16,17,20). The second-order valence-electron chi connectivity index (χ2n) is 5.12. The maximum atomic E-state index is 12.3. The van der Waals surface area contributed by atoms with Crippen LogP contribution in [0.1, 0.15) is 32.0 Å². The summed E-state index contributed by atoms with van der Waals surface area (Å²) in [6.45, 7) is 4.01. The average molecular weight is 384 g/mol. The quantitative estimate of drug-likeness (QED) is 0.465. The lowest BCUT2D eigenvalue weighted by Crippen LogP contribution is -2.27. The first-order valence-corrected chi connectivity index (χ1v) is 10.4. The smallest absolute Gasteiger partial charge is 0.254 e. The molecule has 0 spiro atoms. The second kappa shape index (κ2) is 7.66. The number of nitrogens with zero attached hydrogens (tertiary/aromatic N) is 4. The van der Waals surface area contributed by atoms with E-state index in [1.807, 2.05) is 13.8 Å². The van der Waals surface area contributed by atoms with Crippen molar-refractivity contribution in [2.45, 2.75) is 42.2 Å². The number of carbonyl (C=O) groups is 1. The lowest BCUT2D eigenvalue weighted by atomic mass is 10.2. The molecule has 1 amide bonds. The summed E-state index contributed by atoms with van der Waals surface area (Å²) in [6, 6.07) is 1.38. The fourth-order valence-electron chi connectivity index (χ4n) is 2.36. The van der Waals surface area contributed by atoms with Crippen LogP contribution >= 0.6 is 34.9 Å². The fourth-order valence-corrected chi connectivity index (χ4v) is 5.19. The van der Waals surface area contributed by atoms with Crippen molar-refractivity contribution in [3.63, 3.8) is 0 Å². The zero-order valence-corrected chi connectivity index (χ0v) is 15.8. The minimum absolute atomic E-state index is 0.0859. The summed E-state index contributed by atoms with van der Waals surface area (Å²) in [5.41, 5.74) is 0.705. The first-order valence-electron chi connectivity index (χ1n) is 7.62. The molecule has 7 nitrogen and oxygen atoms in total. The Kier molecular flexibility index (Phi) is 5.57. The van der Waals surface area contributed by atoms with Crippen molar-refractivity contribution in [1.29, 1.82) is 0 Å². The second-order valence-corrected chi connectivity index (χ2v) is 8.59. The van der Waals surface area contributed by atoms with Gasteiger partial charge in [-0.25, -0.2) is 4.98 Å². The zero-order chi connectivity index (χ0) is 17.1. The molecule has 1 aliphatic rings. The highest BCUT2D eigenvalue weighted by molar-refractivity contribution is 8.01. The molecule has 1 N–H and O–H groups in total. The molecule has 1 unspecified atom stereocenters. The number of aromatic nitrogens is 4. The molecular weight excluding hydrogens is 366 g/mol. The average Bonchev–Trinajstić information content (AvgIpc) is 3.15. The van der Waals surface area contributed by atoms with Crippen LogP contribution in [0, 0.1) is 0 Å². The molecule has 0 bridgehead atoms. The molecule has 0 fully saturated rings. The number of rotatable bonds is 6. The molecule has 2 aromatic rings. The topological polar surface area (TPSA) is 89.8 Å². The first kappa shape index (κ1) is 17.4. The predicted octanol–water partition coefficient (Wildman–Crippen LogP) is 2.44. The van der Waals surface area contributed by atoms with Gasteiger partial charge < -0.3 is 5.32 Å². The summed E-state index contributed by atoms with van der Waals surface area (Å²) in [5, 5.41) is 11.9. The van der Waals surface area contributed by atoms with Gasteiger partial charge in [-0.05, 0) is 12.2 Å². The Hall–Kier alpha value is -1.39. The highest BCUT2D eigenvalue weighted by Crippen LogP contribution is 2.32. The molecule has 0 aliphatic carbocycles. The van der Waals surface area contributed by atoms with Crippen LogP contribution in [-0.2, 0) is 11.2 Å². The van der Waals surface area contributed by atoms with Crippen LogP contribution in [0.3, 0.4) is 0 Å². The van der Waals surface area contributed by atoms with Crippen LogP contribution in [0.25, 0.3) is 0 Å². The van der Waals surface area contributed by atoms with E-state index in [-0.39, 0.29) is 23.9 Å². The van der Waals surface area contributed by atoms with Crippen molar-refractivity contribution in [3.05, 3.63) is 22.1 Å². The Morgan fingerprint density at radius 3 is 3.04 bits per heavy atom. The summed E-state index contributed by atoms with van der Waals surface area (Å²) in [4.78, 5) is 29.0. The van der Waals surface area contributed by atoms with Gasteiger partial charge in [-0.3, -0.25) is 14.2 Å². The first-order chi connectivity index (χ1) is 11.6. The largest absolute Gasteiger partial charge is 0.300 e. The Morgan fingerprint density at radius 2 is 2.29 bits per heavy atom. The molecule has 3 rings (SSSR count). The maximum Gasteiger partial charge on any atom is 0.254 e. The van der Waals surface area contributed by atoms with E-state index in [1.54, 1.807) is 22.4 Å². The van der Waals surface area contributed by atoms with Gasteiger partial charge in [0.1, 0.15) is 0 Å². The predicted molar refractivity (Wildman–Crippen MR) is 97.2 cm³/mol. The van der Waals surface area contributed by atoms with E-state index >= 15 is 0 Å². The third-order valence-corrected chi connectivity index (χ3v) is 6.40. The van der Waals surface area contributed by atoms with Crippen LogP contribution in [0.15, 0.2) is 20.4 Å². The summed E-state index contributed by atoms with van der Waals surface area (Å²) in [6.07, 6.45) is 0.951. The highest BCUT2D eigenvalue weighted by atomic mass is 32.2. The molecule has 2 aromatic heterocycles. The SMILES string of the molecule is CCSc1nnc(NC(=O)CC2CSc3nc(CC)cc(=O)n32)s1. The number of aryl methyl sites for hydroxylation is 1. The number of hydrogen-bond acceptors (Lipinski definition) is 8. The van der Waals surface area contributed by atoms with Crippen LogP contribution in [-0.4, -0.2) is 37.2 Å². The van der Waals surface area contributed by atoms with Gasteiger partial charge in [0.15, 0.2) is 9.50 Å². The van der Waals surface area contributed by atoms with Crippen molar-refractivity contribution in [2.24, 2.45) is 0 Å². The van der Waals surface area contributed by atoms with Crippen molar-refractivity contribution in [3.8, 4) is 0 Å². The van der Waals surface area contributed by atoms with Crippen LogP contribution in [0.2, 0.25) is 0 Å². The lowest BCUT2D eigenvalue weighted by molar-refractivity contribution is -0.116. The van der Waals surface area contributed by atoms with Gasteiger partial charge >= 0.3 is 0 Å². The molecule has 3 heterocycles. The summed E-state index contributed by atoms with van der Waals surface area (Å²) in [7, 11) is 0. The maximum absolute atomic E-state index is 12.3. The normalized spacial score (nSPS) is 16.2. The van der Waals surface area contributed by atoms with Gasteiger partial charge in [0.25, 0.3) is 5.56 Å². The number of amides is 1. The number of nitrogens with one attached hydrogen (secondary N) is 1. The van der Waals surface area contributed by atoms with E-state index in [9.17, 15) is 9.59 Å². The Morgan fingerprint density at radius 1 is 1.46 bits per heavy atom. The van der Waals surface area contributed by atoms with Crippen molar-refractivity contribution in [1.82, 2.24) is 19.7 Å². The van der Waals surface area contributed by atoms with E-state index in [1.165, 1.54) is 23.1 Å². The Labute approximate surface area is 151 Å². The van der Waals surface area contributed by atoms with Gasteiger partial charge in [0.2, 0.25) is 11.0 Å². The Balaban J connectivity index is 1.67. The highest BCUT2D eigenvalue weighted by Gasteiger charge is 2.27. The molecule has 24 heavy (non-hydrogen) atoms. The van der Waals surface area contributed by atoms with Crippen LogP contribution < -0.4 is 10.9 Å². The number of hydrogen-bond donors (Lipinski definition) is 1. The lowest BCUT2D eigenvalue weighted by Gasteiger charge is -2.12. The van der Waals surface area contributed by atoms with Gasteiger partial charge in [-0.15, -0.1) is 10.2 Å². The van der Waals surface area contributed by atoms with Crippen LogP contribution in [0.5, 0.6) is 0 Å². The zero-order valence-electron chi connectivity index (χ0n) is 13.3. The fraction of sp³-hybridized carbons (Fsp3) is 0.500. The summed E-state index contributed by atoms with van der Waals surface area (Å²) >= 11 is 4.47. The number of fused-ring (bicyclic) bond motifs is 1. The van der Waals surface area contributed by atoms with E-state index in [4.69, 9.17) is 0 Å². The molecule has 0 saturated carbocycles. The van der Waals surface area contributed by atoms with Gasteiger partial charge in [0.05, 0.1) is 6.04 Å². The molecule has 0 saturated heterocycles. The van der Waals surface area contributed by atoms with Gasteiger partial charge in [-0.1, -0.05) is 48.7 Å². The van der Waals surface area contributed by atoms with Crippen LogP contribution in [0.4, 0.5) is 5.13 Å². The molecular formula is C14H17N5O2S3. The van der Waals surface area contributed by atoms with E-state index in [0.29, 0.717) is 16.0 Å². The minimum atomic E-state index is -0.173. The summed E-state index contributed by atoms with van der Waals surface area (Å²) < 4.78 is 2.46. The molecule has 1 aliphatic heterocycles. The Bertz CT molecular complexity index is 804. The number of anilines is 1. The third kappa shape index (κ3) is 3.81. The van der Waals surface area contributed by atoms with Crippen molar-refractivity contribution in [2.75, 3.05) is 16.8 Å². The van der Waals surface area contributed by atoms with Crippen molar-refractivity contribution < 1.29 is 4.79 Å². The third-order valence-electron chi connectivity index (χ3n) is 3.45. The molecule has 0 aromatic carbocycles. The van der Waals surface area contributed by atoms with E-state index in [0.717, 1.165) is 22.2 Å². The van der Waals surface area contributed by atoms with Crippen molar-refractivity contribution >= 4 is 45.9 Å². The van der Waals surface area contributed by atoms with E-state index in [2.05, 4.69) is 20.5 Å². The number of thioether (sulfide) groups is 2. The molecule has 1 atom stereocenters. The van der Waals surface area contributed by atoms with Gasteiger partial charge in [0, 0.05) is 23.9 Å². The molecule has 10 heteroatoms. The molecule has 128 valence electrons. The number of carbonyl (C=O) groups excluding carboxylic acids is 1. The summed E-state index contributed by atoms with van der Waals surface area (Å²) in [5.74, 6) is 1.42. The van der Waals surface area contributed by atoms with Gasteiger partial charge in [-0.2, -0.15) is 0 Å². The molecule has 0 radical (unpaired) electrons. The minimum Gasteiger partial charge on any atom is -0.300 e. The monoisotopic (exact) mass is 383 g/mol.